The molecule has 1 rings (SSSR count). The SMILES string of the molecule is C.CCC(=O)O[C@H]1OC(COC(C)=O)[C@@H](F)[C@H](C)C1C. The van der Waals surface area contributed by atoms with Gasteiger partial charge >= 0.3 is 11.9 Å². The summed E-state index contributed by atoms with van der Waals surface area (Å²) in [4.78, 5) is 22.1. The summed E-state index contributed by atoms with van der Waals surface area (Å²) in [7, 11) is 0. The highest BCUT2D eigenvalue weighted by atomic mass is 19.1. The number of halogens is 1. The average Bonchev–Trinajstić information content (AvgIpc) is 2.37. The fourth-order valence-electron chi connectivity index (χ4n) is 1.93. The van der Waals surface area contributed by atoms with Gasteiger partial charge in [-0.15, -0.1) is 0 Å². The lowest BCUT2D eigenvalue weighted by Gasteiger charge is -2.40. The van der Waals surface area contributed by atoms with Gasteiger partial charge in [0.05, 0.1) is 0 Å². The van der Waals surface area contributed by atoms with Crippen LogP contribution >= 0.6 is 0 Å². The molecule has 0 bridgehead atoms. The van der Waals surface area contributed by atoms with Crippen molar-refractivity contribution in [1.82, 2.24) is 0 Å². The average molecular weight is 292 g/mol. The number of carbonyl (C=O) groups is 2. The van der Waals surface area contributed by atoms with Crippen molar-refractivity contribution in [3.63, 3.8) is 0 Å². The molecule has 6 heteroatoms. The van der Waals surface area contributed by atoms with Crippen molar-refractivity contribution in [2.75, 3.05) is 6.61 Å². The first-order valence-corrected chi connectivity index (χ1v) is 6.49. The van der Waals surface area contributed by atoms with Crippen LogP contribution in [-0.4, -0.2) is 37.1 Å². The summed E-state index contributed by atoms with van der Waals surface area (Å²) in [6.45, 7) is 6.25. The van der Waals surface area contributed by atoms with Crippen LogP contribution < -0.4 is 0 Å². The van der Waals surface area contributed by atoms with E-state index < -0.39 is 30.5 Å². The number of carbonyl (C=O) groups excluding carboxylic acids is 2. The molecular formula is C14H25FO5. The molecule has 5 nitrogen and oxygen atoms in total. The molecule has 0 radical (unpaired) electrons. The van der Waals surface area contributed by atoms with Crippen LogP contribution in [0, 0.1) is 11.8 Å². The van der Waals surface area contributed by atoms with E-state index in [1.165, 1.54) is 6.92 Å². The minimum absolute atomic E-state index is 0. The molecule has 5 atom stereocenters. The van der Waals surface area contributed by atoms with E-state index in [1.54, 1.807) is 20.8 Å². The number of ether oxygens (including phenoxy) is 3. The van der Waals surface area contributed by atoms with Crippen molar-refractivity contribution >= 4 is 11.9 Å². The molecule has 2 unspecified atom stereocenters. The monoisotopic (exact) mass is 292 g/mol. The zero-order valence-electron chi connectivity index (χ0n) is 11.7. The predicted octanol–water partition coefficient (Wildman–Crippen LogP) is 2.47. The first-order valence-electron chi connectivity index (χ1n) is 6.49. The maximum atomic E-state index is 14.1. The van der Waals surface area contributed by atoms with Gasteiger partial charge in [-0.05, 0) is 5.92 Å². The number of hydrogen-bond donors (Lipinski definition) is 0. The van der Waals surface area contributed by atoms with Crippen LogP contribution in [0.25, 0.3) is 0 Å². The van der Waals surface area contributed by atoms with Gasteiger partial charge in [0, 0.05) is 19.3 Å². The molecule has 20 heavy (non-hydrogen) atoms. The highest BCUT2D eigenvalue weighted by Crippen LogP contribution is 2.33. The summed E-state index contributed by atoms with van der Waals surface area (Å²) in [5.74, 6) is -1.49. The van der Waals surface area contributed by atoms with Crippen LogP contribution in [0.4, 0.5) is 4.39 Å². The van der Waals surface area contributed by atoms with Crippen LogP contribution in [0.2, 0.25) is 0 Å². The summed E-state index contributed by atoms with van der Waals surface area (Å²) >= 11 is 0. The van der Waals surface area contributed by atoms with Gasteiger partial charge in [0.25, 0.3) is 0 Å². The van der Waals surface area contributed by atoms with Gasteiger partial charge in [0.15, 0.2) is 0 Å². The molecule has 0 spiro atoms. The molecule has 0 amide bonds. The molecule has 0 aromatic carbocycles. The maximum Gasteiger partial charge on any atom is 0.307 e. The largest absolute Gasteiger partial charge is 0.463 e. The van der Waals surface area contributed by atoms with Crippen LogP contribution in [0.5, 0.6) is 0 Å². The Kier molecular flexibility index (Phi) is 7.71. The first kappa shape index (κ1) is 18.8. The van der Waals surface area contributed by atoms with Crippen LogP contribution in [0.3, 0.4) is 0 Å². The highest BCUT2D eigenvalue weighted by molar-refractivity contribution is 5.69. The van der Waals surface area contributed by atoms with E-state index in [2.05, 4.69) is 0 Å². The smallest absolute Gasteiger partial charge is 0.307 e. The van der Waals surface area contributed by atoms with E-state index in [4.69, 9.17) is 14.2 Å². The van der Waals surface area contributed by atoms with Crippen molar-refractivity contribution in [2.24, 2.45) is 11.8 Å². The van der Waals surface area contributed by atoms with Crippen LogP contribution in [0.1, 0.15) is 41.5 Å². The number of hydrogen-bond acceptors (Lipinski definition) is 5. The topological polar surface area (TPSA) is 61.8 Å². The molecule has 1 heterocycles. The van der Waals surface area contributed by atoms with Crippen molar-refractivity contribution in [3.8, 4) is 0 Å². The summed E-state index contributed by atoms with van der Waals surface area (Å²) in [5, 5.41) is 0. The molecule has 0 aromatic rings. The molecule has 1 saturated heterocycles. The molecule has 1 fully saturated rings. The second-order valence-corrected chi connectivity index (χ2v) is 4.85. The number of alkyl halides is 1. The molecule has 1 aliphatic heterocycles. The third-order valence-corrected chi connectivity index (χ3v) is 3.41. The lowest BCUT2D eigenvalue weighted by molar-refractivity contribution is -0.252. The quantitative estimate of drug-likeness (QED) is 0.745. The van der Waals surface area contributed by atoms with E-state index >= 15 is 0 Å². The lowest BCUT2D eigenvalue weighted by Crippen LogP contribution is -2.50. The zero-order chi connectivity index (χ0) is 14.6. The summed E-state index contributed by atoms with van der Waals surface area (Å²) in [6.07, 6.45) is -2.72. The normalized spacial score (nSPS) is 33.0. The Morgan fingerprint density at radius 3 is 2.35 bits per heavy atom. The number of rotatable bonds is 4. The third kappa shape index (κ3) is 4.74. The number of esters is 2. The molecular weight excluding hydrogens is 267 g/mol. The van der Waals surface area contributed by atoms with Crippen molar-refractivity contribution in [2.45, 2.75) is 60.1 Å². The molecule has 0 aromatic heterocycles. The second-order valence-electron chi connectivity index (χ2n) is 4.85. The Hall–Kier alpha value is -1.17. The zero-order valence-corrected chi connectivity index (χ0v) is 11.7. The minimum atomic E-state index is -1.26. The van der Waals surface area contributed by atoms with Crippen LogP contribution in [-0.2, 0) is 23.8 Å². The summed E-state index contributed by atoms with van der Waals surface area (Å²) < 4.78 is 29.4. The Labute approximate surface area is 119 Å². The van der Waals surface area contributed by atoms with Gasteiger partial charge in [0.1, 0.15) is 18.9 Å². The van der Waals surface area contributed by atoms with Gasteiger partial charge in [-0.3, -0.25) is 9.59 Å². The fourth-order valence-corrected chi connectivity index (χ4v) is 1.93. The standard InChI is InChI=1S/C13H21FO5.CH4/c1-5-11(16)19-13-8(3)7(2)12(14)10(18-13)6-17-9(4)15;/h7-8,10,12-13H,5-6H2,1-4H3;1H4/t7-,8?,10?,12+,13-;/m1./s1. The molecule has 0 saturated carbocycles. The van der Waals surface area contributed by atoms with Gasteiger partial charge in [-0.1, -0.05) is 28.2 Å². The van der Waals surface area contributed by atoms with Gasteiger partial charge in [-0.2, -0.15) is 0 Å². The molecule has 118 valence electrons. The van der Waals surface area contributed by atoms with Crippen molar-refractivity contribution < 1.29 is 28.2 Å². The van der Waals surface area contributed by atoms with Crippen molar-refractivity contribution in [3.05, 3.63) is 0 Å². The Morgan fingerprint density at radius 2 is 1.85 bits per heavy atom. The van der Waals surface area contributed by atoms with Crippen LogP contribution in [0.15, 0.2) is 0 Å². The summed E-state index contributed by atoms with van der Waals surface area (Å²) in [5.41, 5.74) is 0. The molecule has 0 aliphatic carbocycles. The second kappa shape index (κ2) is 8.19. The van der Waals surface area contributed by atoms with E-state index in [0.717, 1.165) is 0 Å². The van der Waals surface area contributed by atoms with E-state index in [9.17, 15) is 14.0 Å². The Bertz CT molecular complexity index is 334. The fraction of sp³-hybridized carbons (Fsp3) is 0.857. The lowest BCUT2D eigenvalue weighted by atomic mass is 9.86. The van der Waals surface area contributed by atoms with E-state index in [1.807, 2.05) is 0 Å². The Balaban J connectivity index is 0.00000361. The molecule has 0 N–H and O–H groups in total. The third-order valence-electron chi connectivity index (χ3n) is 3.41. The maximum absolute atomic E-state index is 14.1. The summed E-state index contributed by atoms with van der Waals surface area (Å²) in [6, 6.07) is 0. The van der Waals surface area contributed by atoms with E-state index in [-0.39, 0.29) is 32.3 Å². The van der Waals surface area contributed by atoms with Crippen molar-refractivity contribution in [1.29, 1.82) is 0 Å². The van der Waals surface area contributed by atoms with Gasteiger partial charge in [-0.25, -0.2) is 4.39 Å². The first-order chi connectivity index (χ1) is 8.86. The van der Waals surface area contributed by atoms with E-state index in [0.29, 0.717) is 0 Å². The highest BCUT2D eigenvalue weighted by Gasteiger charge is 2.43. The van der Waals surface area contributed by atoms with Gasteiger partial charge in [0.2, 0.25) is 6.29 Å². The van der Waals surface area contributed by atoms with Gasteiger partial charge < -0.3 is 14.2 Å². The minimum Gasteiger partial charge on any atom is -0.463 e. The predicted molar refractivity (Wildman–Crippen MR) is 71.6 cm³/mol. The Morgan fingerprint density at radius 1 is 1.25 bits per heavy atom. The molecule has 1 aliphatic rings.